The van der Waals surface area contributed by atoms with Gasteiger partial charge in [-0.3, -0.25) is 9.69 Å². The summed E-state index contributed by atoms with van der Waals surface area (Å²) in [6.45, 7) is 5.22. The van der Waals surface area contributed by atoms with Gasteiger partial charge in [-0.15, -0.1) is 0 Å². The molecule has 1 aromatic heterocycles. The summed E-state index contributed by atoms with van der Waals surface area (Å²) in [6, 6.07) is 8.55. The van der Waals surface area contributed by atoms with Gasteiger partial charge in [-0.1, -0.05) is 19.1 Å². The number of likely N-dealkylation sites (tertiary alicyclic amines) is 1. The van der Waals surface area contributed by atoms with Gasteiger partial charge in [0.1, 0.15) is 5.82 Å². The van der Waals surface area contributed by atoms with E-state index in [0.29, 0.717) is 12.5 Å². The first-order valence-corrected chi connectivity index (χ1v) is 8.70. The number of aryl methyl sites for hydroxylation is 1. The van der Waals surface area contributed by atoms with Gasteiger partial charge in [0, 0.05) is 25.4 Å². The summed E-state index contributed by atoms with van der Waals surface area (Å²) < 4.78 is 0. The third kappa shape index (κ3) is 4.10. The number of carbonyl (C=O) groups is 1. The zero-order chi connectivity index (χ0) is 16.1. The maximum Gasteiger partial charge on any atom is 0.220 e. The number of nitrogens with one attached hydrogen (secondary N) is 2. The quantitative estimate of drug-likeness (QED) is 0.825. The van der Waals surface area contributed by atoms with Gasteiger partial charge >= 0.3 is 0 Å². The molecule has 0 unspecified atom stereocenters. The highest BCUT2D eigenvalue weighted by molar-refractivity contribution is 5.76. The smallest absolute Gasteiger partial charge is 0.220 e. The van der Waals surface area contributed by atoms with Crippen LogP contribution in [0.3, 0.4) is 0 Å². The molecule has 0 aliphatic carbocycles. The van der Waals surface area contributed by atoms with Crippen LogP contribution in [-0.4, -0.2) is 46.5 Å². The summed E-state index contributed by atoms with van der Waals surface area (Å²) >= 11 is 0. The van der Waals surface area contributed by atoms with Crippen molar-refractivity contribution >= 4 is 16.9 Å². The van der Waals surface area contributed by atoms with Crippen LogP contribution in [0, 0.1) is 0 Å². The lowest BCUT2D eigenvalue weighted by atomic mass is 10.2. The van der Waals surface area contributed by atoms with Gasteiger partial charge in [0.15, 0.2) is 0 Å². The minimum absolute atomic E-state index is 0.157. The van der Waals surface area contributed by atoms with Crippen molar-refractivity contribution in [1.29, 1.82) is 0 Å². The third-order valence-electron chi connectivity index (χ3n) is 4.70. The van der Waals surface area contributed by atoms with E-state index >= 15 is 0 Å². The molecule has 23 heavy (non-hydrogen) atoms. The number of H-pyrrole nitrogens is 1. The summed E-state index contributed by atoms with van der Waals surface area (Å²) in [7, 11) is 0. The molecule has 1 aromatic carbocycles. The van der Waals surface area contributed by atoms with Gasteiger partial charge in [-0.05, 0) is 44.5 Å². The van der Waals surface area contributed by atoms with Gasteiger partial charge in [-0.2, -0.15) is 0 Å². The molecule has 1 saturated heterocycles. The fourth-order valence-corrected chi connectivity index (χ4v) is 3.40. The predicted molar refractivity (Wildman–Crippen MR) is 92.3 cm³/mol. The Morgan fingerprint density at radius 3 is 3.13 bits per heavy atom. The maximum atomic E-state index is 12.0. The lowest BCUT2D eigenvalue weighted by molar-refractivity contribution is -0.121. The monoisotopic (exact) mass is 314 g/mol. The number of hydrogen-bond acceptors (Lipinski definition) is 3. The van der Waals surface area contributed by atoms with Crippen molar-refractivity contribution in [2.75, 3.05) is 19.6 Å². The van der Waals surface area contributed by atoms with Crippen molar-refractivity contribution < 1.29 is 4.79 Å². The maximum absolute atomic E-state index is 12.0. The lowest BCUT2D eigenvalue weighted by Crippen LogP contribution is -2.39. The number of rotatable bonds is 7. The van der Waals surface area contributed by atoms with Crippen LogP contribution < -0.4 is 5.32 Å². The molecule has 1 amide bonds. The molecule has 3 rings (SSSR count). The van der Waals surface area contributed by atoms with E-state index in [1.165, 1.54) is 19.4 Å². The number of amides is 1. The van der Waals surface area contributed by atoms with E-state index in [1.54, 1.807) is 0 Å². The lowest BCUT2D eigenvalue weighted by Gasteiger charge is -2.22. The number of carbonyl (C=O) groups excluding carboxylic acids is 1. The van der Waals surface area contributed by atoms with Crippen LogP contribution in [0.4, 0.5) is 0 Å². The Balaban J connectivity index is 1.39. The number of aromatic nitrogens is 2. The second kappa shape index (κ2) is 7.59. The number of likely N-dealkylation sites (N-methyl/N-ethyl adjacent to an activating group) is 1. The molecule has 0 radical (unpaired) electrons. The summed E-state index contributed by atoms with van der Waals surface area (Å²) in [4.78, 5) is 22.3. The molecule has 1 atom stereocenters. The van der Waals surface area contributed by atoms with E-state index in [-0.39, 0.29) is 5.91 Å². The highest BCUT2D eigenvalue weighted by Crippen LogP contribution is 2.15. The van der Waals surface area contributed by atoms with Gasteiger partial charge in [-0.25, -0.2) is 4.98 Å². The highest BCUT2D eigenvalue weighted by Gasteiger charge is 2.22. The van der Waals surface area contributed by atoms with Crippen LogP contribution in [-0.2, 0) is 11.2 Å². The summed E-state index contributed by atoms with van der Waals surface area (Å²) in [6.07, 6.45) is 4.66. The van der Waals surface area contributed by atoms with Crippen molar-refractivity contribution in [3.05, 3.63) is 30.1 Å². The zero-order valence-corrected chi connectivity index (χ0v) is 13.8. The van der Waals surface area contributed by atoms with E-state index < -0.39 is 0 Å². The first kappa shape index (κ1) is 16.0. The number of imidazole rings is 1. The minimum Gasteiger partial charge on any atom is -0.355 e. The van der Waals surface area contributed by atoms with Crippen molar-refractivity contribution in [3.8, 4) is 0 Å². The largest absolute Gasteiger partial charge is 0.355 e. The van der Waals surface area contributed by atoms with E-state index in [1.807, 2.05) is 24.3 Å². The van der Waals surface area contributed by atoms with E-state index in [2.05, 4.69) is 27.1 Å². The van der Waals surface area contributed by atoms with Crippen molar-refractivity contribution in [3.63, 3.8) is 0 Å². The first-order chi connectivity index (χ1) is 11.3. The highest BCUT2D eigenvalue weighted by atomic mass is 16.1. The summed E-state index contributed by atoms with van der Waals surface area (Å²) in [5.41, 5.74) is 2.06. The van der Waals surface area contributed by atoms with E-state index in [4.69, 9.17) is 0 Å². The Morgan fingerprint density at radius 1 is 1.43 bits per heavy atom. The van der Waals surface area contributed by atoms with Gasteiger partial charge in [0.05, 0.1) is 11.0 Å². The molecule has 1 aliphatic rings. The normalized spacial score (nSPS) is 18.6. The molecule has 1 fully saturated rings. The van der Waals surface area contributed by atoms with Crippen LogP contribution in [0.25, 0.3) is 11.0 Å². The number of aromatic amines is 1. The van der Waals surface area contributed by atoms with Crippen LogP contribution in [0.1, 0.15) is 38.4 Å². The van der Waals surface area contributed by atoms with Crippen LogP contribution in [0.2, 0.25) is 0 Å². The Bertz CT molecular complexity index is 618. The average molecular weight is 314 g/mol. The molecule has 5 heteroatoms. The Kier molecular flexibility index (Phi) is 5.28. The average Bonchev–Trinajstić information content (AvgIpc) is 3.18. The molecular formula is C18H26N4O. The fraction of sp³-hybridized carbons (Fsp3) is 0.556. The van der Waals surface area contributed by atoms with Crippen molar-refractivity contribution in [1.82, 2.24) is 20.2 Å². The third-order valence-corrected chi connectivity index (χ3v) is 4.70. The fourth-order valence-electron chi connectivity index (χ4n) is 3.40. The molecule has 5 nitrogen and oxygen atoms in total. The number of fused-ring (bicyclic) bond motifs is 1. The number of para-hydroxylation sites is 2. The molecule has 1 aliphatic heterocycles. The van der Waals surface area contributed by atoms with Crippen LogP contribution in [0.15, 0.2) is 24.3 Å². The van der Waals surface area contributed by atoms with Gasteiger partial charge in [0.2, 0.25) is 5.91 Å². The second-order valence-electron chi connectivity index (χ2n) is 6.28. The Morgan fingerprint density at radius 2 is 2.30 bits per heavy atom. The molecule has 124 valence electrons. The van der Waals surface area contributed by atoms with Crippen LogP contribution in [0.5, 0.6) is 0 Å². The van der Waals surface area contributed by atoms with E-state index in [0.717, 1.165) is 42.8 Å². The number of nitrogens with zero attached hydrogens (tertiary/aromatic N) is 2. The Hall–Kier alpha value is -1.88. The molecule has 2 N–H and O–H groups in total. The van der Waals surface area contributed by atoms with E-state index in [9.17, 15) is 4.79 Å². The predicted octanol–water partition coefficient (Wildman–Crippen LogP) is 2.49. The molecular weight excluding hydrogens is 288 g/mol. The topological polar surface area (TPSA) is 61.0 Å². The summed E-state index contributed by atoms with van der Waals surface area (Å²) in [5.74, 6) is 1.12. The van der Waals surface area contributed by atoms with Crippen molar-refractivity contribution in [2.45, 2.75) is 45.1 Å². The second-order valence-corrected chi connectivity index (χ2v) is 6.28. The zero-order valence-electron chi connectivity index (χ0n) is 13.8. The summed E-state index contributed by atoms with van der Waals surface area (Å²) in [5, 5.41) is 3.09. The first-order valence-electron chi connectivity index (χ1n) is 8.70. The number of benzene rings is 1. The standard InChI is InChI=1S/C18H26N4O/c1-2-22-12-6-7-14(22)13-19-18(23)11-5-10-17-20-15-8-3-4-9-16(15)21-17/h3-4,8-9,14H,2,5-7,10-13H2,1H3,(H,19,23)(H,20,21)/t14-/m1/s1. The SMILES string of the molecule is CCN1CCC[C@@H]1CNC(=O)CCCc1nc2ccccc2[nH]1. The molecule has 0 spiro atoms. The van der Waals surface area contributed by atoms with Gasteiger partial charge in [0.25, 0.3) is 0 Å². The molecule has 2 heterocycles. The van der Waals surface area contributed by atoms with Crippen LogP contribution >= 0.6 is 0 Å². The van der Waals surface area contributed by atoms with Crippen molar-refractivity contribution in [2.24, 2.45) is 0 Å². The molecule has 2 aromatic rings. The molecule has 0 saturated carbocycles. The van der Waals surface area contributed by atoms with Gasteiger partial charge < -0.3 is 10.3 Å². The molecule has 0 bridgehead atoms. The Labute approximate surface area is 137 Å². The number of hydrogen-bond donors (Lipinski definition) is 2. The minimum atomic E-state index is 0.157.